The van der Waals surface area contributed by atoms with Gasteiger partial charge < -0.3 is 4.52 Å². The molecule has 0 spiro atoms. The van der Waals surface area contributed by atoms with Gasteiger partial charge >= 0.3 is 0 Å². The molecule has 1 aliphatic heterocycles. The van der Waals surface area contributed by atoms with Gasteiger partial charge in [0.25, 0.3) is 0 Å². The van der Waals surface area contributed by atoms with E-state index in [2.05, 4.69) is 5.16 Å². The summed E-state index contributed by atoms with van der Waals surface area (Å²) in [6.07, 6.45) is 1.61. The highest BCUT2D eigenvalue weighted by molar-refractivity contribution is 7.89. The summed E-state index contributed by atoms with van der Waals surface area (Å²) >= 11 is 0. The van der Waals surface area contributed by atoms with Gasteiger partial charge in [-0.3, -0.25) is 0 Å². The van der Waals surface area contributed by atoms with E-state index in [9.17, 15) is 8.42 Å². The molecule has 0 saturated carbocycles. The van der Waals surface area contributed by atoms with Gasteiger partial charge in [-0.05, 0) is 31.4 Å². The fourth-order valence-corrected chi connectivity index (χ4v) is 4.92. The molecule has 0 bridgehead atoms. The van der Waals surface area contributed by atoms with Crippen LogP contribution in [0, 0.1) is 6.92 Å². The number of aryl methyl sites for hydroxylation is 1. The summed E-state index contributed by atoms with van der Waals surface area (Å²) in [5.41, 5.74) is 1.48. The van der Waals surface area contributed by atoms with Gasteiger partial charge in [0.05, 0.1) is 10.9 Å². The summed E-state index contributed by atoms with van der Waals surface area (Å²) in [7, 11) is -3.53. The Morgan fingerprint density at radius 2 is 2.04 bits per heavy atom. The molecular weight excluding hydrogens is 312 g/mol. The van der Waals surface area contributed by atoms with Gasteiger partial charge in [-0.15, -0.1) is 0 Å². The van der Waals surface area contributed by atoms with Crippen molar-refractivity contribution < 1.29 is 12.9 Å². The minimum Gasteiger partial charge on any atom is -0.361 e. The number of hydrogen-bond acceptors (Lipinski definition) is 4. The lowest BCUT2D eigenvalue weighted by Crippen LogP contribution is -2.31. The molecule has 1 aliphatic rings. The molecule has 6 heteroatoms. The zero-order valence-electron chi connectivity index (χ0n) is 13.7. The first-order valence-electron chi connectivity index (χ1n) is 7.95. The van der Waals surface area contributed by atoms with E-state index in [0.29, 0.717) is 17.1 Å². The number of rotatable bonds is 4. The Balaban J connectivity index is 1.96. The predicted octanol–water partition coefficient (Wildman–Crippen LogP) is 3.63. The monoisotopic (exact) mass is 334 g/mol. The van der Waals surface area contributed by atoms with Crippen LogP contribution in [0.2, 0.25) is 0 Å². The van der Waals surface area contributed by atoms with Crippen molar-refractivity contribution in [3.05, 3.63) is 47.3 Å². The Bertz CT molecular complexity index is 796. The number of sulfonamides is 1. The van der Waals surface area contributed by atoms with Crippen LogP contribution in [0.25, 0.3) is 0 Å². The van der Waals surface area contributed by atoms with Crippen LogP contribution in [-0.4, -0.2) is 24.4 Å². The Morgan fingerprint density at radius 1 is 1.30 bits per heavy atom. The molecule has 1 saturated heterocycles. The summed E-state index contributed by atoms with van der Waals surface area (Å²) in [4.78, 5) is 0.375. The fraction of sp³-hybridized carbons (Fsp3) is 0.471. The van der Waals surface area contributed by atoms with Gasteiger partial charge in [0, 0.05) is 18.5 Å². The summed E-state index contributed by atoms with van der Waals surface area (Å²) in [5.74, 6) is 1.03. The third-order valence-electron chi connectivity index (χ3n) is 4.34. The van der Waals surface area contributed by atoms with Crippen LogP contribution < -0.4 is 0 Å². The summed E-state index contributed by atoms with van der Waals surface area (Å²) in [6, 6.07) is 8.75. The normalized spacial score (nSPS) is 19.6. The molecule has 0 unspecified atom stereocenters. The van der Waals surface area contributed by atoms with Crippen LogP contribution in [0.3, 0.4) is 0 Å². The Kier molecular flexibility index (Phi) is 4.29. The lowest BCUT2D eigenvalue weighted by molar-refractivity contribution is 0.338. The van der Waals surface area contributed by atoms with Crippen molar-refractivity contribution in [3.63, 3.8) is 0 Å². The maximum atomic E-state index is 13.0. The van der Waals surface area contributed by atoms with Gasteiger partial charge in [0.2, 0.25) is 10.0 Å². The lowest BCUT2D eigenvalue weighted by Gasteiger charge is -2.23. The molecule has 3 rings (SSSR count). The Morgan fingerprint density at radius 3 is 2.70 bits per heavy atom. The molecule has 1 aromatic heterocycles. The van der Waals surface area contributed by atoms with Crippen LogP contribution >= 0.6 is 0 Å². The minimum absolute atomic E-state index is 0.235. The maximum absolute atomic E-state index is 13.0. The summed E-state index contributed by atoms with van der Waals surface area (Å²) in [5, 5.41) is 4.12. The molecule has 2 heterocycles. The van der Waals surface area contributed by atoms with Crippen molar-refractivity contribution in [1.82, 2.24) is 9.46 Å². The topological polar surface area (TPSA) is 63.4 Å². The Labute approximate surface area is 137 Å². The first-order chi connectivity index (χ1) is 10.9. The van der Waals surface area contributed by atoms with E-state index in [1.54, 1.807) is 16.4 Å². The molecule has 1 aromatic carbocycles. The van der Waals surface area contributed by atoms with E-state index < -0.39 is 10.0 Å². The summed E-state index contributed by atoms with van der Waals surface area (Å²) in [6.45, 7) is 6.40. The molecule has 2 aromatic rings. The Hall–Kier alpha value is -1.66. The van der Waals surface area contributed by atoms with E-state index in [0.717, 1.165) is 24.2 Å². The van der Waals surface area contributed by atoms with Crippen molar-refractivity contribution in [3.8, 4) is 0 Å². The van der Waals surface area contributed by atoms with Gasteiger partial charge in [0.15, 0.2) is 0 Å². The second kappa shape index (κ2) is 6.09. The molecule has 23 heavy (non-hydrogen) atoms. The van der Waals surface area contributed by atoms with Crippen molar-refractivity contribution in [2.75, 3.05) is 6.54 Å². The zero-order valence-corrected chi connectivity index (χ0v) is 14.5. The SMILES string of the molecule is Cc1ccccc1S(=O)(=O)N1CCC[C@@H]1c1cc(C(C)C)on1. The molecule has 0 amide bonds. The van der Waals surface area contributed by atoms with Gasteiger partial charge in [-0.25, -0.2) is 8.42 Å². The predicted molar refractivity (Wildman–Crippen MR) is 87.6 cm³/mol. The number of nitrogens with zero attached hydrogens (tertiary/aromatic N) is 2. The minimum atomic E-state index is -3.53. The van der Waals surface area contributed by atoms with Gasteiger partial charge in [-0.1, -0.05) is 37.2 Å². The molecule has 0 N–H and O–H groups in total. The van der Waals surface area contributed by atoms with Crippen LogP contribution in [-0.2, 0) is 10.0 Å². The first kappa shape index (κ1) is 16.2. The van der Waals surface area contributed by atoms with E-state index in [-0.39, 0.29) is 12.0 Å². The molecule has 1 atom stereocenters. The standard InChI is InChI=1S/C17H22N2O3S/c1-12(2)16-11-14(18-22-16)15-8-6-10-19(15)23(20,21)17-9-5-4-7-13(17)3/h4-5,7,9,11-12,15H,6,8,10H2,1-3H3/t15-/m1/s1. The number of aromatic nitrogens is 1. The third kappa shape index (κ3) is 2.93. The van der Waals surface area contributed by atoms with Crippen molar-refractivity contribution in [2.45, 2.75) is 50.5 Å². The summed E-state index contributed by atoms with van der Waals surface area (Å²) < 4.78 is 33.0. The molecular formula is C17H22N2O3S. The lowest BCUT2D eigenvalue weighted by atomic mass is 10.1. The average molecular weight is 334 g/mol. The van der Waals surface area contributed by atoms with Gasteiger partial charge in [-0.2, -0.15) is 4.31 Å². The molecule has 0 radical (unpaired) electrons. The second-order valence-corrected chi connectivity index (χ2v) is 8.21. The quantitative estimate of drug-likeness (QED) is 0.856. The van der Waals surface area contributed by atoms with Crippen LogP contribution in [0.1, 0.15) is 55.7 Å². The van der Waals surface area contributed by atoms with Crippen molar-refractivity contribution in [2.24, 2.45) is 0 Å². The molecule has 0 aliphatic carbocycles. The van der Waals surface area contributed by atoms with E-state index in [4.69, 9.17) is 4.52 Å². The maximum Gasteiger partial charge on any atom is 0.243 e. The molecule has 1 fully saturated rings. The molecule has 124 valence electrons. The van der Waals surface area contributed by atoms with Crippen molar-refractivity contribution in [1.29, 1.82) is 0 Å². The van der Waals surface area contributed by atoms with Crippen LogP contribution in [0.5, 0.6) is 0 Å². The van der Waals surface area contributed by atoms with Crippen LogP contribution in [0.15, 0.2) is 39.8 Å². The molecule has 5 nitrogen and oxygen atoms in total. The van der Waals surface area contributed by atoms with E-state index in [1.165, 1.54) is 0 Å². The van der Waals surface area contributed by atoms with Gasteiger partial charge in [0.1, 0.15) is 11.5 Å². The average Bonchev–Trinajstić information content (AvgIpc) is 3.16. The largest absolute Gasteiger partial charge is 0.361 e. The van der Waals surface area contributed by atoms with E-state index in [1.807, 2.05) is 39.0 Å². The third-order valence-corrected chi connectivity index (χ3v) is 6.41. The fourth-order valence-electron chi connectivity index (χ4n) is 3.03. The zero-order chi connectivity index (χ0) is 16.6. The van der Waals surface area contributed by atoms with E-state index >= 15 is 0 Å². The smallest absolute Gasteiger partial charge is 0.243 e. The van der Waals surface area contributed by atoms with Crippen molar-refractivity contribution >= 4 is 10.0 Å². The highest BCUT2D eigenvalue weighted by Crippen LogP contribution is 2.37. The highest BCUT2D eigenvalue weighted by atomic mass is 32.2. The number of hydrogen-bond donors (Lipinski definition) is 0. The second-order valence-electron chi connectivity index (χ2n) is 6.35. The first-order valence-corrected chi connectivity index (χ1v) is 9.39. The highest BCUT2D eigenvalue weighted by Gasteiger charge is 2.38. The van der Waals surface area contributed by atoms with Crippen LogP contribution in [0.4, 0.5) is 0 Å². The number of benzene rings is 1.